The highest BCUT2D eigenvalue weighted by Gasteiger charge is 1.98. The van der Waals surface area contributed by atoms with Crippen molar-refractivity contribution in [3.8, 4) is 0 Å². The van der Waals surface area contributed by atoms with Crippen molar-refractivity contribution < 1.29 is 9.53 Å². The fraction of sp³-hybridized carbons (Fsp3) is 0.286. The van der Waals surface area contributed by atoms with Crippen LogP contribution in [-0.4, -0.2) is 18.1 Å². The van der Waals surface area contributed by atoms with E-state index in [0.29, 0.717) is 19.5 Å². The Morgan fingerprint density at radius 2 is 2.55 bits per heavy atom. The maximum Gasteiger partial charge on any atom is 0.293 e. The van der Waals surface area contributed by atoms with Gasteiger partial charge < -0.3 is 9.72 Å². The van der Waals surface area contributed by atoms with E-state index in [4.69, 9.17) is 0 Å². The third kappa shape index (κ3) is 2.38. The predicted octanol–water partition coefficient (Wildman–Crippen LogP) is 1.49. The molecule has 0 aliphatic rings. The van der Waals surface area contributed by atoms with Gasteiger partial charge in [-0.05, 0) is 22.0 Å². The first-order valence-electron chi connectivity index (χ1n) is 3.21. The van der Waals surface area contributed by atoms with Gasteiger partial charge in [0.1, 0.15) is 0 Å². The summed E-state index contributed by atoms with van der Waals surface area (Å²) in [7, 11) is 0. The van der Waals surface area contributed by atoms with E-state index in [-0.39, 0.29) is 0 Å². The van der Waals surface area contributed by atoms with Crippen LogP contribution in [0.4, 0.5) is 0 Å². The lowest BCUT2D eigenvalue weighted by molar-refractivity contribution is -0.128. The zero-order chi connectivity index (χ0) is 8.10. The molecule has 1 aromatic rings. The van der Waals surface area contributed by atoms with Crippen molar-refractivity contribution in [3.63, 3.8) is 0 Å². The maximum absolute atomic E-state index is 9.77. The van der Waals surface area contributed by atoms with Gasteiger partial charge in [0.25, 0.3) is 6.47 Å². The number of carbonyl (C=O) groups excluding carboxylic acids is 1. The number of rotatable bonds is 4. The lowest BCUT2D eigenvalue weighted by atomic mass is 10.3. The van der Waals surface area contributed by atoms with Crippen molar-refractivity contribution >= 4 is 22.4 Å². The van der Waals surface area contributed by atoms with Gasteiger partial charge in [-0.15, -0.1) is 0 Å². The summed E-state index contributed by atoms with van der Waals surface area (Å²) in [4.78, 5) is 12.8. The molecule has 0 aliphatic heterocycles. The minimum Gasteiger partial charge on any atom is -0.467 e. The molecule has 1 heterocycles. The van der Waals surface area contributed by atoms with Crippen LogP contribution >= 0.6 is 15.9 Å². The molecule has 1 aromatic heterocycles. The van der Waals surface area contributed by atoms with Crippen molar-refractivity contribution in [2.24, 2.45) is 0 Å². The number of halogens is 1. The lowest BCUT2D eigenvalue weighted by Crippen LogP contribution is -1.96. The molecule has 0 atom stereocenters. The lowest BCUT2D eigenvalue weighted by Gasteiger charge is -1.96. The van der Waals surface area contributed by atoms with Gasteiger partial charge in [0, 0.05) is 22.8 Å². The van der Waals surface area contributed by atoms with E-state index in [1.165, 1.54) is 0 Å². The second-order valence-corrected chi connectivity index (χ2v) is 2.88. The summed E-state index contributed by atoms with van der Waals surface area (Å²) in [6.07, 6.45) is 2.55. The number of aromatic amines is 1. The van der Waals surface area contributed by atoms with Gasteiger partial charge in [0.2, 0.25) is 0 Å². The summed E-state index contributed by atoms with van der Waals surface area (Å²) in [6.45, 7) is 0.874. The summed E-state index contributed by atoms with van der Waals surface area (Å²) < 4.78 is 5.56. The van der Waals surface area contributed by atoms with E-state index in [0.717, 1.165) is 10.2 Å². The van der Waals surface area contributed by atoms with Crippen LogP contribution in [0.1, 0.15) is 5.69 Å². The highest BCUT2D eigenvalue weighted by Crippen LogP contribution is 2.14. The molecule has 60 valence electrons. The van der Waals surface area contributed by atoms with Gasteiger partial charge in [-0.2, -0.15) is 0 Å². The summed E-state index contributed by atoms with van der Waals surface area (Å²) in [5, 5.41) is 0. The number of hydrogen-bond acceptors (Lipinski definition) is 2. The Labute approximate surface area is 72.9 Å². The molecule has 0 unspecified atom stereocenters. The summed E-state index contributed by atoms with van der Waals surface area (Å²) >= 11 is 3.34. The fourth-order valence-electron chi connectivity index (χ4n) is 0.786. The standard InChI is InChI=1S/C7H8BrNO2/c8-6-1-3-9-7(6)2-4-11-5-10/h1,3,5,9H,2,4H2. The molecule has 0 amide bonds. The number of hydrogen-bond donors (Lipinski definition) is 1. The number of aromatic nitrogens is 1. The maximum atomic E-state index is 9.77. The van der Waals surface area contributed by atoms with Crippen LogP contribution < -0.4 is 0 Å². The first-order chi connectivity index (χ1) is 5.34. The smallest absolute Gasteiger partial charge is 0.293 e. The van der Waals surface area contributed by atoms with Crippen molar-refractivity contribution in [2.45, 2.75) is 6.42 Å². The molecule has 0 saturated heterocycles. The summed E-state index contributed by atoms with van der Waals surface area (Å²) in [5.74, 6) is 0. The van der Waals surface area contributed by atoms with Crippen molar-refractivity contribution in [1.29, 1.82) is 0 Å². The minimum absolute atomic E-state index is 0.419. The first kappa shape index (κ1) is 8.33. The average Bonchev–Trinajstić information content (AvgIpc) is 2.37. The van der Waals surface area contributed by atoms with E-state index in [9.17, 15) is 4.79 Å². The fourth-order valence-corrected chi connectivity index (χ4v) is 1.23. The van der Waals surface area contributed by atoms with Crippen LogP contribution in [-0.2, 0) is 16.0 Å². The first-order valence-corrected chi connectivity index (χ1v) is 4.01. The Morgan fingerprint density at radius 3 is 3.09 bits per heavy atom. The molecule has 0 radical (unpaired) electrons. The largest absolute Gasteiger partial charge is 0.467 e. The summed E-state index contributed by atoms with van der Waals surface area (Å²) in [5.41, 5.74) is 1.05. The van der Waals surface area contributed by atoms with Crippen LogP contribution in [0, 0.1) is 0 Å². The van der Waals surface area contributed by atoms with Gasteiger partial charge in [-0.1, -0.05) is 0 Å². The van der Waals surface area contributed by atoms with Crippen LogP contribution in [0.15, 0.2) is 16.7 Å². The van der Waals surface area contributed by atoms with E-state index in [1.807, 2.05) is 12.3 Å². The number of nitrogens with one attached hydrogen (secondary N) is 1. The van der Waals surface area contributed by atoms with Gasteiger partial charge in [-0.3, -0.25) is 4.79 Å². The normalized spacial score (nSPS) is 9.55. The zero-order valence-corrected chi connectivity index (χ0v) is 7.43. The molecule has 4 heteroatoms. The average molecular weight is 218 g/mol. The number of H-pyrrole nitrogens is 1. The van der Waals surface area contributed by atoms with Crippen LogP contribution in [0.5, 0.6) is 0 Å². The van der Waals surface area contributed by atoms with Gasteiger partial charge >= 0.3 is 0 Å². The van der Waals surface area contributed by atoms with E-state index >= 15 is 0 Å². The second kappa shape index (κ2) is 4.18. The van der Waals surface area contributed by atoms with Gasteiger partial charge in [0.05, 0.1) is 6.61 Å². The Kier molecular flexibility index (Phi) is 3.16. The quantitative estimate of drug-likeness (QED) is 0.614. The highest BCUT2D eigenvalue weighted by atomic mass is 79.9. The Bertz CT molecular complexity index is 234. The molecule has 0 fully saturated rings. The minimum atomic E-state index is 0.419. The molecule has 0 aromatic carbocycles. The SMILES string of the molecule is O=COCCc1[nH]ccc1Br. The van der Waals surface area contributed by atoms with E-state index < -0.39 is 0 Å². The van der Waals surface area contributed by atoms with Crippen molar-refractivity contribution in [3.05, 3.63) is 22.4 Å². The molecule has 0 bridgehead atoms. The van der Waals surface area contributed by atoms with E-state index in [2.05, 4.69) is 25.7 Å². The molecule has 0 aliphatic carbocycles. The Hall–Kier alpha value is -0.770. The molecule has 11 heavy (non-hydrogen) atoms. The molecular formula is C7H8BrNO2. The molecular weight excluding hydrogens is 210 g/mol. The number of carbonyl (C=O) groups is 1. The molecule has 0 spiro atoms. The Balaban J connectivity index is 2.38. The van der Waals surface area contributed by atoms with Gasteiger partial charge in [-0.25, -0.2) is 0 Å². The monoisotopic (exact) mass is 217 g/mol. The molecule has 1 N–H and O–H groups in total. The molecule has 3 nitrogen and oxygen atoms in total. The van der Waals surface area contributed by atoms with Crippen LogP contribution in [0.25, 0.3) is 0 Å². The topological polar surface area (TPSA) is 42.1 Å². The van der Waals surface area contributed by atoms with Gasteiger partial charge in [0.15, 0.2) is 0 Å². The number of ether oxygens (including phenoxy) is 1. The Morgan fingerprint density at radius 1 is 1.73 bits per heavy atom. The van der Waals surface area contributed by atoms with Crippen LogP contribution in [0.2, 0.25) is 0 Å². The zero-order valence-electron chi connectivity index (χ0n) is 5.84. The third-order valence-corrected chi connectivity index (χ3v) is 2.06. The third-order valence-electron chi connectivity index (χ3n) is 1.31. The van der Waals surface area contributed by atoms with Crippen molar-refractivity contribution in [2.75, 3.05) is 6.61 Å². The van der Waals surface area contributed by atoms with E-state index in [1.54, 1.807) is 0 Å². The van der Waals surface area contributed by atoms with Crippen LogP contribution in [0.3, 0.4) is 0 Å². The molecule has 0 saturated carbocycles. The molecule has 1 rings (SSSR count). The second-order valence-electron chi connectivity index (χ2n) is 2.02. The summed E-state index contributed by atoms with van der Waals surface area (Å²) in [6, 6.07) is 1.91. The highest BCUT2D eigenvalue weighted by molar-refractivity contribution is 9.10. The predicted molar refractivity (Wildman–Crippen MR) is 44.2 cm³/mol. The van der Waals surface area contributed by atoms with Crippen molar-refractivity contribution in [1.82, 2.24) is 4.98 Å².